The van der Waals surface area contributed by atoms with Crippen molar-refractivity contribution in [2.24, 2.45) is 0 Å². The zero-order chi connectivity index (χ0) is 33.2. The van der Waals surface area contributed by atoms with Gasteiger partial charge >= 0.3 is 12.1 Å². The second-order valence-corrected chi connectivity index (χ2v) is 15.6. The Kier molecular flexibility index (Phi) is 10.6. The lowest BCUT2D eigenvalue weighted by atomic mass is 10.0. The normalized spacial score (nSPS) is 22.5. The maximum absolute atomic E-state index is 14.0. The van der Waals surface area contributed by atoms with Crippen LogP contribution < -0.4 is 5.32 Å². The second kappa shape index (κ2) is 15.1. The molecule has 4 fully saturated rings. The van der Waals surface area contributed by atoms with Crippen molar-refractivity contribution in [3.8, 4) is 0 Å². The number of fused-ring (bicyclic) bond motifs is 1. The first-order valence-corrected chi connectivity index (χ1v) is 19.2. The van der Waals surface area contributed by atoms with Gasteiger partial charge in [0.25, 0.3) is 5.91 Å². The minimum atomic E-state index is -0.906. The van der Waals surface area contributed by atoms with Gasteiger partial charge in [0.15, 0.2) is 6.10 Å². The average molecular weight is 787 g/mol. The number of hydrogen-bond acceptors (Lipinski definition) is 6. The summed E-state index contributed by atoms with van der Waals surface area (Å²) in [6.07, 6.45) is 5.68. The number of benzene rings is 2. The molecule has 4 heterocycles. The summed E-state index contributed by atoms with van der Waals surface area (Å²) in [5, 5.41) is 3.06. The number of nitrogens with one attached hydrogen (secondary N) is 1. The number of carbonyl (C=O) groups excluding carboxylic acids is 3. The molecule has 0 spiro atoms. The van der Waals surface area contributed by atoms with Gasteiger partial charge in [0.05, 0.1) is 0 Å². The van der Waals surface area contributed by atoms with E-state index in [9.17, 15) is 14.4 Å². The number of hydrogen-bond donors (Lipinski definition) is 1. The molecule has 0 unspecified atom stereocenters. The standard InChI is InChI=1S/C36H46Br2N6O4/c37-30-8-5-25(23-31(30)38)24-33(34(45)42-14-10-28(11-15-42)41-21-19-40(20-22-41)27-6-7-27)48-36(47)43-16-12-29(13-17-43)44-18-9-26-3-1-2-4-32(26)39-35(44)46/h1-5,8,23,27-29,33H,6-7,9-22,24H2,(H,39,46)/t33-/m1/s1. The molecule has 10 nitrogen and oxygen atoms in total. The zero-order valence-electron chi connectivity index (χ0n) is 27.5. The van der Waals surface area contributed by atoms with Crippen LogP contribution in [0.1, 0.15) is 49.7 Å². The summed E-state index contributed by atoms with van der Waals surface area (Å²) in [4.78, 5) is 51.5. The van der Waals surface area contributed by atoms with Gasteiger partial charge < -0.3 is 24.8 Å². The van der Waals surface area contributed by atoms with Gasteiger partial charge in [-0.3, -0.25) is 14.6 Å². The highest BCUT2D eigenvalue weighted by Crippen LogP contribution is 2.30. The quantitative estimate of drug-likeness (QED) is 0.395. The molecule has 0 bridgehead atoms. The fourth-order valence-corrected chi connectivity index (χ4v) is 8.59. The van der Waals surface area contributed by atoms with Crippen molar-refractivity contribution >= 4 is 55.6 Å². The summed E-state index contributed by atoms with van der Waals surface area (Å²) in [5.74, 6) is -0.116. The number of rotatable bonds is 7. The van der Waals surface area contributed by atoms with Crippen LogP contribution >= 0.6 is 31.9 Å². The molecule has 4 aliphatic heterocycles. The van der Waals surface area contributed by atoms with Crippen molar-refractivity contribution < 1.29 is 19.1 Å². The van der Waals surface area contributed by atoms with Gasteiger partial charge in [0.2, 0.25) is 0 Å². The van der Waals surface area contributed by atoms with Crippen molar-refractivity contribution in [3.63, 3.8) is 0 Å². The predicted octanol–water partition coefficient (Wildman–Crippen LogP) is 5.58. The fourth-order valence-electron chi connectivity index (χ4n) is 7.92. The van der Waals surface area contributed by atoms with Gasteiger partial charge in [0, 0.05) is 98.1 Å². The highest BCUT2D eigenvalue weighted by molar-refractivity contribution is 9.13. The lowest BCUT2D eigenvalue weighted by molar-refractivity contribution is -0.142. The molecule has 0 aromatic heterocycles. The van der Waals surface area contributed by atoms with E-state index < -0.39 is 12.2 Å². The topological polar surface area (TPSA) is 88.7 Å². The van der Waals surface area contributed by atoms with E-state index in [2.05, 4.69) is 53.0 Å². The number of amides is 4. The van der Waals surface area contributed by atoms with Crippen LogP contribution in [0, 0.1) is 0 Å². The second-order valence-electron chi connectivity index (χ2n) is 13.9. The molecule has 1 saturated carbocycles. The van der Waals surface area contributed by atoms with Gasteiger partial charge in [-0.15, -0.1) is 0 Å². The van der Waals surface area contributed by atoms with E-state index >= 15 is 0 Å². The third-order valence-electron chi connectivity index (χ3n) is 10.9. The number of likely N-dealkylation sites (tertiary alicyclic amines) is 2. The Morgan fingerprint density at radius 2 is 1.38 bits per heavy atom. The number of anilines is 1. The lowest BCUT2D eigenvalue weighted by Crippen LogP contribution is -2.55. The molecule has 1 aliphatic carbocycles. The Bertz CT molecular complexity index is 1480. The molecule has 5 aliphatic rings. The van der Waals surface area contributed by atoms with E-state index in [0.717, 1.165) is 77.2 Å². The first-order chi connectivity index (χ1) is 23.3. The number of halogens is 2. The summed E-state index contributed by atoms with van der Waals surface area (Å²) in [5.41, 5.74) is 2.93. The molecule has 12 heteroatoms. The highest BCUT2D eigenvalue weighted by atomic mass is 79.9. The van der Waals surface area contributed by atoms with E-state index in [4.69, 9.17) is 4.74 Å². The maximum atomic E-state index is 14.0. The molecule has 258 valence electrons. The van der Waals surface area contributed by atoms with Crippen LogP contribution in [0.5, 0.6) is 0 Å². The van der Waals surface area contributed by atoms with Crippen LogP contribution in [0.3, 0.4) is 0 Å². The Morgan fingerprint density at radius 3 is 2.04 bits per heavy atom. The molecule has 2 aromatic rings. The lowest BCUT2D eigenvalue weighted by Gasteiger charge is -2.43. The Labute approximate surface area is 300 Å². The van der Waals surface area contributed by atoms with Crippen molar-refractivity contribution in [3.05, 3.63) is 62.5 Å². The Hall–Kier alpha value is -2.67. The number of nitrogens with zero attached hydrogens (tertiary/aromatic N) is 5. The molecule has 1 atom stereocenters. The first-order valence-electron chi connectivity index (χ1n) is 17.6. The third-order valence-corrected chi connectivity index (χ3v) is 12.8. The number of urea groups is 1. The van der Waals surface area contributed by atoms with Crippen LogP contribution in [0.25, 0.3) is 0 Å². The van der Waals surface area contributed by atoms with E-state index in [0.29, 0.717) is 58.0 Å². The number of piperidine rings is 2. The molecule has 3 saturated heterocycles. The van der Waals surface area contributed by atoms with Gasteiger partial charge in [-0.2, -0.15) is 0 Å². The van der Waals surface area contributed by atoms with Crippen molar-refractivity contribution in [1.82, 2.24) is 24.5 Å². The van der Waals surface area contributed by atoms with Gasteiger partial charge in [-0.1, -0.05) is 24.3 Å². The molecule has 0 radical (unpaired) electrons. The minimum absolute atomic E-state index is 0.0406. The fraction of sp³-hybridized carbons (Fsp3) is 0.583. The van der Waals surface area contributed by atoms with Crippen molar-refractivity contribution in [2.75, 3.05) is 64.2 Å². The molecule has 4 amide bonds. The van der Waals surface area contributed by atoms with Gasteiger partial charge in [-0.05, 0) is 106 Å². The molecule has 48 heavy (non-hydrogen) atoms. The summed E-state index contributed by atoms with van der Waals surface area (Å²) in [7, 11) is 0. The molecule has 2 aromatic carbocycles. The minimum Gasteiger partial charge on any atom is -0.436 e. The van der Waals surface area contributed by atoms with Crippen LogP contribution in [-0.4, -0.2) is 126 Å². The summed E-state index contributed by atoms with van der Waals surface area (Å²) >= 11 is 7.11. The molecule has 7 rings (SSSR count). The summed E-state index contributed by atoms with van der Waals surface area (Å²) in [6.45, 7) is 7.48. The van der Waals surface area contributed by atoms with Crippen LogP contribution in [0.15, 0.2) is 51.4 Å². The Morgan fingerprint density at radius 1 is 0.750 bits per heavy atom. The van der Waals surface area contributed by atoms with Crippen LogP contribution in [0.4, 0.5) is 15.3 Å². The van der Waals surface area contributed by atoms with Crippen LogP contribution in [-0.2, 0) is 22.4 Å². The molecule has 1 N–H and O–H groups in total. The van der Waals surface area contributed by atoms with E-state index in [1.807, 2.05) is 46.2 Å². The summed E-state index contributed by atoms with van der Waals surface area (Å²) in [6, 6.07) is 15.1. The average Bonchev–Trinajstić information content (AvgIpc) is 3.97. The van der Waals surface area contributed by atoms with E-state index in [1.54, 1.807) is 4.90 Å². The number of para-hydroxylation sites is 1. The van der Waals surface area contributed by atoms with E-state index in [1.165, 1.54) is 12.8 Å². The third kappa shape index (κ3) is 7.87. The number of ether oxygens (including phenoxy) is 1. The van der Waals surface area contributed by atoms with Crippen molar-refractivity contribution in [1.29, 1.82) is 0 Å². The van der Waals surface area contributed by atoms with Crippen molar-refractivity contribution in [2.45, 2.75) is 75.6 Å². The van der Waals surface area contributed by atoms with Gasteiger partial charge in [-0.25, -0.2) is 9.59 Å². The SMILES string of the molecule is O=C(O[C@H](Cc1ccc(Br)c(Br)c1)C(=O)N1CCC(N2CCN(C3CC3)CC2)CC1)N1CCC(N2CCc3ccccc3NC2=O)CC1. The smallest absolute Gasteiger partial charge is 0.410 e. The first kappa shape index (κ1) is 33.8. The van der Waals surface area contributed by atoms with E-state index in [-0.39, 0.29) is 18.0 Å². The highest BCUT2D eigenvalue weighted by Gasteiger charge is 2.37. The largest absolute Gasteiger partial charge is 0.436 e. The summed E-state index contributed by atoms with van der Waals surface area (Å²) < 4.78 is 7.90. The number of piperazine rings is 1. The zero-order valence-corrected chi connectivity index (χ0v) is 30.7. The maximum Gasteiger partial charge on any atom is 0.410 e. The predicted molar refractivity (Wildman–Crippen MR) is 192 cm³/mol. The Balaban J connectivity index is 0.951. The molecular formula is C36H46Br2N6O4. The van der Waals surface area contributed by atoms with Gasteiger partial charge in [0.1, 0.15) is 0 Å². The number of carbonyl (C=O) groups is 3. The monoisotopic (exact) mass is 784 g/mol. The molecular weight excluding hydrogens is 740 g/mol. The van der Waals surface area contributed by atoms with Crippen LogP contribution in [0.2, 0.25) is 0 Å².